The van der Waals surface area contributed by atoms with Gasteiger partial charge in [-0.25, -0.2) is 0 Å². The van der Waals surface area contributed by atoms with Crippen LogP contribution in [0.4, 0.5) is 0 Å². The van der Waals surface area contributed by atoms with Gasteiger partial charge in [0.05, 0.1) is 10.7 Å². The summed E-state index contributed by atoms with van der Waals surface area (Å²) in [5.41, 5.74) is 0. The first-order valence-electron chi connectivity index (χ1n) is 5.06. The lowest BCUT2D eigenvalue weighted by Crippen LogP contribution is -2.05. The molecular formula is C11H11BrO2. The molecule has 3 heteroatoms. The number of carbonyl (C=O) groups excluding carboxylic acids is 1. The van der Waals surface area contributed by atoms with Crippen LogP contribution in [0.3, 0.4) is 0 Å². The van der Waals surface area contributed by atoms with Gasteiger partial charge in [0.25, 0.3) is 0 Å². The minimum atomic E-state index is 0.205. The van der Waals surface area contributed by atoms with Crippen LogP contribution in [0.25, 0.3) is 0 Å². The molecule has 2 fully saturated rings. The van der Waals surface area contributed by atoms with Crippen LogP contribution < -0.4 is 0 Å². The van der Waals surface area contributed by atoms with Gasteiger partial charge >= 0.3 is 0 Å². The van der Waals surface area contributed by atoms with E-state index in [0.29, 0.717) is 17.6 Å². The molecule has 74 valence electrons. The Morgan fingerprint density at radius 2 is 2.14 bits per heavy atom. The second-order valence-electron chi connectivity index (χ2n) is 4.25. The molecule has 2 atom stereocenters. The first kappa shape index (κ1) is 8.72. The molecule has 1 aromatic rings. The Bertz CT molecular complexity index is 372. The van der Waals surface area contributed by atoms with Gasteiger partial charge in [-0.3, -0.25) is 4.79 Å². The Balaban J connectivity index is 1.82. The third kappa shape index (κ3) is 1.11. The van der Waals surface area contributed by atoms with Crippen LogP contribution in [0.5, 0.6) is 0 Å². The second kappa shape index (κ2) is 2.96. The standard InChI is InChI=1S/C11H11BrO2/c12-8-4-5-14-11(8)10(13)9-6-2-1-3-7(6)9/h4-7,9H,1-3H2. The zero-order chi connectivity index (χ0) is 9.71. The number of hydrogen-bond acceptors (Lipinski definition) is 2. The first-order valence-corrected chi connectivity index (χ1v) is 5.85. The molecule has 0 bridgehead atoms. The number of rotatable bonds is 2. The summed E-state index contributed by atoms with van der Waals surface area (Å²) in [6, 6.07) is 1.78. The normalized spacial score (nSPS) is 34.2. The molecule has 2 nitrogen and oxygen atoms in total. The summed E-state index contributed by atoms with van der Waals surface area (Å²) in [5, 5.41) is 0. The molecule has 0 saturated heterocycles. The number of ketones is 1. The number of hydrogen-bond donors (Lipinski definition) is 0. The topological polar surface area (TPSA) is 30.2 Å². The van der Waals surface area contributed by atoms with Crippen molar-refractivity contribution < 1.29 is 9.21 Å². The van der Waals surface area contributed by atoms with Crippen LogP contribution in [0, 0.1) is 17.8 Å². The fourth-order valence-corrected chi connectivity index (χ4v) is 3.23. The molecule has 3 rings (SSSR count). The van der Waals surface area contributed by atoms with Gasteiger partial charge in [0.15, 0.2) is 5.76 Å². The molecule has 1 heterocycles. The van der Waals surface area contributed by atoms with E-state index in [2.05, 4.69) is 15.9 Å². The van der Waals surface area contributed by atoms with Crippen LogP contribution >= 0.6 is 15.9 Å². The van der Waals surface area contributed by atoms with Crippen LogP contribution in [0.2, 0.25) is 0 Å². The Labute approximate surface area is 90.8 Å². The van der Waals surface area contributed by atoms with Crippen LogP contribution in [0.1, 0.15) is 29.8 Å². The number of fused-ring (bicyclic) bond motifs is 1. The lowest BCUT2D eigenvalue weighted by molar-refractivity contribution is 0.0923. The maximum absolute atomic E-state index is 12.0. The number of Topliss-reactive ketones (excluding diaryl/α,β-unsaturated/α-hetero) is 1. The second-order valence-corrected chi connectivity index (χ2v) is 5.10. The van der Waals surface area contributed by atoms with Crippen molar-refractivity contribution in [2.45, 2.75) is 19.3 Å². The van der Waals surface area contributed by atoms with Crippen molar-refractivity contribution in [3.8, 4) is 0 Å². The highest BCUT2D eigenvalue weighted by Crippen LogP contribution is 2.58. The quantitative estimate of drug-likeness (QED) is 0.759. The van der Waals surface area contributed by atoms with Gasteiger partial charge in [0.2, 0.25) is 5.78 Å². The van der Waals surface area contributed by atoms with Gasteiger partial charge in [0, 0.05) is 5.92 Å². The Hall–Kier alpha value is -0.570. The van der Waals surface area contributed by atoms with Crippen LogP contribution in [0.15, 0.2) is 21.2 Å². The lowest BCUT2D eigenvalue weighted by atomic mass is 10.1. The predicted octanol–water partition coefficient (Wildman–Crippen LogP) is 3.27. The fourth-order valence-electron chi connectivity index (χ4n) is 2.83. The molecule has 14 heavy (non-hydrogen) atoms. The first-order chi connectivity index (χ1) is 6.79. The summed E-state index contributed by atoms with van der Waals surface area (Å²) in [6.07, 6.45) is 5.34. The van der Waals surface area contributed by atoms with Crippen molar-refractivity contribution in [1.82, 2.24) is 0 Å². The number of halogens is 1. The minimum Gasteiger partial charge on any atom is -0.460 e. The Morgan fingerprint density at radius 3 is 2.71 bits per heavy atom. The number of carbonyl (C=O) groups is 1. The summed E-state index contributed by atoms with van der Waals surface area (Å²) in [7, 11) is 0. The summed E-state index contributed by atoms with van der Waals surface area (Å²) in [6.45, 7) is 0. The summed E-state index contributed by atoms with van der Waals surface area (Å²) in [4.78, 5) is 12.0. The van der Waals surface area contributed by atoms with E-state index in [1.807, 2.05) is 0 Å². The highest BCUT2D eigenvalue weighted by atomic mass is 79.9. The van der Waals surface area contributed by atoms with E-state index >= 15 is 0 Å². The van der Waals surface area contributed by atoms with E-state index in [-0.39, 0.29) is 11.7 Å². The summed E-state index contributed by atoms with van der Waals surface area (Å²) < 4.78 is 5.99. The van der Waals surface area contributed by atoms with E-state index in [1.54, 1.807) is 12.3 Å². The molecule has 2 unspecified atom stereocenters. The molecule has 2 aliphatic carbocycles. The minimum absolute atomic E-state index is 0.205. The Kier molecular flexibility index (Phi) is 1.84. The number of furan rings is 1. The molecule has 0 amide bonds. The van der Waals surface area contributed by atoms with Gasteiger partial charge in [0.1, 0.15) is 0 Å². The predicted molar refractivity (Wildman–Crippen MR) is 55.1 cm³/mol. The fraction of sp³-hybridized carbons (Fsp3) is 0.545. The van der Waals surface area contributed by atoms with E-state index in [9.17, 15) is 4.79 Å². The molecule has 2 aliphatic rings. The van der Waals surface area contributed by atoms with Gasteiger partial charge in [-0.1, -0.05) is 6.42 Å². The van der Waals surface area contributed by atoms with Crippen molar-refractivity contribution in [1.29, 1.82) is 0 Å². The third-order valence-corrected chi connectivity index (χ3v) is 4.17. The zero-order valence-electron chi connectivity index (χ0n) is 7.70. The largest absolute Gasteiger partial charge is 0.460 e. The lowest BCUT2D eigenvalue weighted by Gasteiger charge is -1.99. The molecule has 1 aromatic heterocycles. The van der Waals surface area contributed by atoms with Crippen molar-refractivity contribution in [2.24, 2.45) is 17.8 Å². The molecule has 0 aliphatic heterocycles. The van der Waals surface area contributed by atoms with Crippen molar-refractivity contribution in [3.63, 3.8) is 0 Å². The van der Waals surface area contributed by atoms with Gasteiger partial charge in [-0.2, -0.15) is 0 Å². The molecule has 0 radical (unpaired) electrons. The molecular weight excluding hydrogens is 244 g/mol. The van der Waals surface area contributed by atoms with Crippen molar-refractivity contribution in [2.75, 3.05) is 0 Å². The highest BCUT2D eigenvalue weighted by Gasteiger charge is 2.57. The highest BCUT2D eigenvalue weighted by molar-refractivity contribution is 9.10. The van der Waals surface area contributed by atoms with Crippen molar-refractivity contribution >= 4 is 21.7 Å². The average Bonchev–Trinajstić information content (AvgIpc) is 2.57. The van der Waals surface area contributed by atoms with Gasteiger partial charge in [-0.15, -0.1) is 0 Å². The maximum Gasteiger partial charge on any atom is 0.202 e. The average molecular weight is 255 g/mol. The molecule has 0 N–H and O–H groups in total. The maximum atomic E-state index is 12.0. The zero-order valence-corrected chi connectivity index (χ0v) is 9.29. The van der Waals surface area contributed by atoms with E-state index in [1.165, 1.54) is 19.3 Å². The van der Waals surface area contributed by atoms with Crippen molar-refractivity contribution in [3.05, 3.63) is 22.6 Å². The third-order valence-electron chi connectivity index (χ3n) is 3.55. The van der Waals surface area contributed by atoms with E-state index in [0.717, 1.165) is 4.47 Å². The van der Waals surface area contributed by atoms with Gasteiger partial charge < -0.3 is 4.42 Å². The molecule has 2 saturated carbocycles. The monoisotopic (exact) mass is 254 g/mol. The van der Waals surface area contributed by atoms with Crippen LogP contribution in [-0.2, 0) is 0 Å². The summed E-state index contributed by atoms with van der Waals surface area (Å²) >= 11 is 3.33. The smallest absolute Gasteiger partial charge is 0.202 e. The van der Waals surface area contributed by atoms with Gasteiger partial charge in [-0.05, 0) is 46.7 Å². The Morgan fingerprint density at radius 1 is 1.43 bits per heavy atom. The van der Waals surface area contributed by atoms with E-state index in [4.69, 9.17) is 4.42 Å². The van der Waals surface area contributed by atoms with E-state index < -0.39 is 0 Å². The summed E-state index contributed by atoms with van der Waals surface area (Å²) in [5.74, 6) is 2.33. The molecule has 0 aromatic carbocycles. The molecule has 0 spiro atoms. The van der Waals surface area contributed by atoms with Crippen LogP contribution in [-0.4, -0.2) is 5.78 Å². The SMILES string of the molecule is O=C(c1occc1Br)C1C2CCCC21.